The molecule has 1 unspecified atom stereocenters. The zero-order valence-corrected chi connectivity index (χ0v) is 12.1. The highest BCUT2D eigenvalue weighted by Crippen LogP contribution is 2.09. The van der Waals surface area contributed by atoms with Gasteiger partial charge < -0.3 is 10.2 Å². The van der Waals surface area contributed by atoms with Crippen molar-refractivity contribution in [1.82, 2.24) is 10.2 Å². The Kier molecular flexibility index (Phi) is 6.08. The van der Waals surface area contributed by atoms with Gasteiger partial charge in [-0.2, -0.15) is 0 Å². The van der Waals surface area contributed by atoms with E-state index in [1.165, 1.54) is 12.8 Å². The summed E-state index contributed by atoms with van der Waals surface area (Å²) in [6.07, 6.45) is 5.38. The first-order valence-corrected chi connectivity index (χ1v) is 8.67. The van der Waals surface area contributed by atoms with Gasteiger partial charge in [0, 0.05) is 25.4 Å². The van der Waals surface area contributed by atoms with E-state index in [0.717, 1.165) is 25.6 Å². The maximum Gasteiger partial charge on any atom is 0.237 e. The first-order valence-electron chi connectivity index (χ1n) is 6.61. The van der Waals surface area contributed by atoms with E-state index in [2.05, 4.69) is 5.32 Å². The van der Waals surface area contributed by atoms with Crippen LogP contribution in [0.15, 0.2) is 0 Å². The maximum atomic E-state index is 11.9. The number of nitrogens with one attached hydrogen (secondary N) is 1. The minimum Gasteiger partial charge on any atom is -0.340 e. The van der Waals surface area contributed by atoms with E-state index < -0.39 is 9.84 Å². The zero-order valence-electron chi connectivity index (χ0n) is 11.3. The summed E-state index contributed by atoms with van der Waals surface area (Å²) in [7, 11) is -3.24. The van der Waals surface area contributed by atoms with Crippen LogP contribution in [-0.2, 0) is 14.6 Å². The molecule has 1 aliphatic rings. The Bertz CT molecular complexity index is 362. The van der Waals surface area contributed by atoms with Gasteiger partial charge in [-0.15, -0.1) is 0 Å². The number of hydrogen-bond donors (Lipinski definition) is 1. The molecule has 0 aromatic rings. The summed E-state index contributed by atoms with van der Waals surface area (Å²) in [4.78, 5) is 13.6. The average molecular weight is 276 g/mol. The van der Waals surface area contributed by atoms with E-state index in [-0.39, 0.29) is 11.7 Å². The summed E-state index contributed by atoms with van der Waals surface area (Å²) in [5.74, 6) is -0.647. The summed E-state index contributed by atoms with van der Waals surface area (Å²) in [6, 6.07) is 0.314. The molecule has 0 spiro atoms. The highest BCUT2D eigenvalue weighted by Gasteiger charge is 2.22. The average Bonchev–Trinajstić information content (AvgIpc) is 2.27. The molecular weight excluding hydrogens is 252 g/mol. The lowest BCUT2D eigenvalue weighted by atomic mass is 10.0. The van der Waals surface area contributed by atoms with E-state index >= 15 is 0 Å². The quantitative estimate of drug-likeness (QED) is 0.763. The lowest BCUT2D eigenvalue weighted by Crippen LogP contribution is -2.47. The number of hydrogen-bond acceptors (Lipinski definition) is 4. The molecule has 0 bridgehead atoms. The normalized spacial score (nSPS) is 20.7. The van der Waals surface area contributed by atoms with Crippen LogP contribution < -0.4 is 5.32 Å². The molecule has 1 rings (SSSR count). The van der Waals surface area contributed by atoms with E-state index in [1.807, 2.05) is 6.92 Å². The SMILES string of the molecule is CCCN(CC1CCCCN1)C(=O)CS(C)(=O)=O. The minimum absolute atomic E-state index is 0.272. The summed E-state index contributed by atoms with van der Waals surface area (Å²) in [6.45, 7) is 4.24. The highest BCUT2D eigenvalue weighted by atomic mass is 32.2. The predicted octanol–water partition coefficient (Wildman–Crippen LogP) is 0.412. The zero-order chi connectivity index (χ0) is 13.6. The lowest BCUT2D eigenvalue weighted by molar-refractivity contribution is -0.128. The second-order valence-electron chi connectivity index (χ2n) is 5.06. The third-order valence-corrected chi connectivity index (χ3v) is 3.86. The molecule has 0 saturated carbocycles. The van der Waals surface area contributed by atoms with Crippen molar-refractivity contribution in [2.24, 2.45) is 0 Å². The van der Waals surface area contributed by atoms with Gasteiger partial charge in [0.05, 0.1) is 0 Å². The van der Waals surface area contributed by atoms with Crippen molar-refractivity contribution < 1.29 is 13.2 Å². The maximum absolute atomic E-state index is 11.9. The van der Waals surface area contributed by atoms with Crippen LogP contribution in [-0.4, -0.2) is 56.9 Å². The van der Waals surface area contributed by atoms with Gasteiger partial charge >= 0.3 is 0 Å². The van der Waals surface area contributed by atoms with Crippen LogP contribution in [0, 0.1) is 0 Å². The van der Waals surface area contributed by atoms with Crippen LogP contribution in [0.2, 0.25) is 0 Å². The van der Waals surface area contributed by atoms with Crippen LogP contribution in [0.25, 0.3) is 0 Å². The first-order chi connectivity index (χ1) is 8.42. The number of carbonyl (C=O) groups is 1. The summed E-state index contributed by atoms with van der Waals surface area (Å²) >= 11 is 0. The fraction of sp³-hybridized carbons (Fsp3) is 0.917. The molecule has 0 aliphatic carbocycles. The number of piperidine rings is 1. The van der Waals surface area contributed by atoms with Crippen molar-refractivity contribution in [3.05, 3.63) is 0 Å². The first kappa shape index (κ1) is 15.4. The summed E-state index contributed by atoms with van der Waals surface area (Å²) in [5.41, 5.74) is 0. The van der Waals surface area contributed by atoms with Gasteiger partial charge in [-0.25, -0.2) is 8.42 Å². The molecule has 1 fully saturated rings. The smallest absolute Gasteiger partial charge is 0.237 e. The van der Waals surface area contributed by atoms with Gasteiger partial charge in [-0.3, -0.25) is 4.79 Å². The lowest BCUT2D eigenvalue weighted by Gasteiger charge is -2.30. The molecule has 1 aliphatic heterocycles. The molecule has 18 heavy (non-hydrogen) atoms. The monoisotopic (exact) mass is 276 g/mol. The van der Waals surface area contributed by atoms with Crippen molar-refractivity contribution in [2.75, 3.05) is 31.6 Å². The number of rotatable bonds is 6. The number of carbonyl (C=O) groups excluding carboxylic acids is 1. The Hall–Kier alpha value is -0.620. The van der Waals surface area contributed by atoms with Crippen LogP contribution >= 0.6 is 0 Å². The Balaban J connectivity index is 2.54. The molecule has 1 heterocycles. The van der Waals surface area contributed by atoms with Gasteiger partial charge in [-0.05, 0) is 25.8 Å². The van der Waals surface area contributed by atoms with E-state index in [0.29, 0.717) is 19.1 Å². The van der Waals surface area contributed by atoms with Crippen molar-refractivity contribution >= 4 is 15.7 Å². The van der Waals surface area contributed by atoms with Crippen molar-refractivity contribution in [2.45, 2.75) is 38.6 Å². The van der Waals surface area contributed by atoms with Crippen molar-refractivity contribution in [3.8, 4) is 0 Å². The molecular formula is C12H24N2O3S. The van der Waals surface area contributed by atoms with Gasteiger partial charge in [0.15, 0.2) is 9.84 Å². The Morgan fingerprint density at radius 2 is 2.11 bits per heavy atom. The molecule has 106 valence electrons. The third kappa shape index (κ3) is 5.82. The fourth-order valence-electron chi connectivity index (χ4n) is 2.25. The van der Waals surface area contributed by atoms with E-state index in [9.17, 15) is 13.2 Å². The molecule has 5 nitrogen and oxygen atoms in total. The standard InChI is InChI=1S/C12H24N2O3S/c1-3-8-14(12(15)10-18(2,16)17)9-11-6-4-5-7-13-11/h11,13H,3-10H2,1-2H3. The van der Waals surface area contributed by atoms with Crippen LogP contribution in [0.4, 0.5) is 0 Å². The minimum atomic E-state index is -3.24. The van der Waals surface area contributed by atoms with Crippen LogP contribution in [0.3, 0.4) is 0 Å². The summed E-state index contributed by atoms with van der Waals surface area (Å²) < 4.78 is 22.4. The number of amides is 1. The van der Waals surface area contributed by atoms with Crippen LogP contribution in [0.5, 0.6) is 0 Å². The molecule has 1 N–H and O–H groups in total. The van der Waals surface area contributed by atoms with E-state index in [1.54, 1.807) is 4.90 Å². The topological polar surface area (TPSA) is 66.5 Å². The van der Waals surface area contributed by atoms with Gasteiger partial charge in [0.1, 0.15) is 5.75 Å². The van der Waals surface area contributed by atoms with Crippen LogP contribution in [0.1, 0.15) is 32.6 Å². The second kappa shape index (κ2) is 7.09. The summed E-state index contributed by atoms with van der Waals surface area (Å²) in [5, 5.41) is 3.38. The van der Waals surface area contributed by atoms with Gasteiger partial charge in [0.25, 0.3) is 0 Å². The Morgan fingerprint density at radius 1 is 1.39 bits per heavy atom. The second-order valence-corrected chi connectivity index (χ2v) is 7.20. The third-order valence-electron chi connectivity index (χ3n) is 3.09. The van der Waals surface area contributed by atoms with E-state index in [4.69, 9.17) is 0 Å². The Morgan fingerprint density at radius 3 is 2.61 bits per heavy atom. The largest absolute Gasteiger partial charge is 0.340 e. The Labute approximate surface area is 110 Å². The molecule has 1 atom stereocenters. The molecule has 0 aromatic heterocycles. The molecule has 1 amide bonds. The predicted molar refractivity (Wildman–Crippen MR) is 72.2 cm³/mol. The molecule has 0 radical (unpaired) electrons. The molecule has 0 aromatic carbocycles. The molecule has 1 saturated heterocycles. The fourth-order valence-corrected chi connectivity index (χ4v) is 2.88. The van der Waals surface area contributed by atoms with Crippen molar-refractivity contribution in [3.63, 3.8) is 0 Å². The van der Waals surface area contributed by atoms with Crippen molar-refractivity contribution in [1.29, 1.82) is 0 Å². The van der Waals surface area contributed by atoms with Gasteiger partial charge in [-0.1, -0.05) is 13.3 Å². The highest BCUT2D eigenvalue weighted by molar-refractivity contribution is 7.91. The number of nitrogens with zero attached hydrogens (tertiary/aromatic N) is 1. The molecule has 6 heteroatoms. The number of sulfone groups is 1. The van der Waals surface area contributed by atoms with Gasteiger partial charge in [0.2, 0.25) is 5.91 Å².